The lowest BCUT2D eigenvalue weighted by atomic mass is 10.1. The summed E-state index contributed by atoms with van der Waals surface area (Å²) in [5.41, 5.74) is 2.14. The van der Waals surface area contributed by atoms with E-state index >= 15 is 0 Å². The SMILES string of the molecule is O=C(Nc1ccc(Cl)cc1)C1CCN(C(=O)c2cccc(-c3ccco3)c2)C1. The molecule has 1 aromatic heterocycles. The molecule has 4 rings (SSSR count). The van der Waals surface area contributed by atoms with Crippen molar-refractivity contribution in [2.45, 2.75) is 6.42 Å². The molecule has 1 aliphatic heterocycles. The van der Waals surface area contributed by atoms with Gasteiger partial charge in [0.1, 0.15) is 5.76 Å². The number of halogens is 1. The average molecular weight is 395 g/mol. The molecule has 2 amide bonds. The van der Waals surface area contributed by atoms with Crippen LogP contribution in [-0.2, 0) is 4.79 Å². The summed E-state index contributed by atoms with van der Waals surface area (Å²) >= 11 is 5.87. The Kier molecular flexibility index (Phi) is 5.17. The van der Waals surface area contributed by atoms with Crippen molar-refractivity contribution in [2.24, 2.45) is 5.92 Å². The molecule has 1 unspecified atom stereocenters. The zero-order chi connectivity index (χ0) is 19.5. The van der Waals surface area contributed by atoms with Crippen LogP contribution in [0.1, 0.15) is 16.8 Å². The lowest BCUT2D eigenvalue weighted by Gasteiger charge is -2.17. The van der Waals surface area contributed by atoms with Crippen LogP contribution in [0.5, 0.6) is 0 Å². The van der Waals surface area contributed by atoms with Crippen molar-refractivity contribution in [2.75, 3.05) is 18.4 Å². The summed E-state index contributed by atoms with van der Waals surface area (Å²) in [5.74, 6) is 0.335. The first kappa shape index (κ1) is 18.3. The molecule has 0 saturated carbocycles. The molecular weight excluding hydrogens is 376 g/mol. The quantitative estimate of drug-likeness (QED) is 0.697. The Bertz CT molecular complexity index is 983. The number of furan rings is 1. The van der Waals surface area contributed by atoms with Gasteiger partial charge in [-0.15, -0.1) is 0 Å². The summed E-state index contributed by atoms with van der Waals surface area (Å²) in [4.78, 5) is 27.1. The molecule has 0 aliphatic carbocycles. The number of carbonyl (C=O) groups excluding carboxylic acids is 2. The van der Waals surface area contributed by atoms with E-state index in [0.29, 0.717) is 35.8 Å². The van der Waals surface area contributed by atoms with Crippen LogP contribution in [-0.4, -0.2) is 29.8 Å². The highest BCUT2D eigenvalue weighted by atomic mass is 35.5. The van der Waals surface area contributed by atoms with Gasteiger partial charge in [0.2, 0.25) is 5.91 Å². The third kappa shape index (κ3) is 3.94. The van der Waals surface area contributed by atoms with Gasteiger partial charge in [-0.1, -0.05) is 23.7 Å². The maximum absolute atomic E-state index is 12.9. The minimum Gasteiger partial charge on any atom is -0.464 e. The van der Waals surface area contributed by atoms with E-state index in [1.54, 1.807) is 41.5 Å². The van der Waals surface area contributed by atoms with Crippen LogP contribution in [0.15, 0.2) is 71.3 Å². The van der Waals surface area contributed by atoms with Gasteiger partial charge in [-0.2, -0.15) is 0 Å². The molecule has 6 heteroatoms. The fourth-order valence-corrected chi connectivity index (χ4v) is 3.49. The summed E-state index contributed by atoms with van der Waals surface area (Å²) < 4.78 is 5.41. The van der Waals surface area contributed by atoms with E-state index in [9.17, 15) is 9.59 Å². The maximum atomic E-state index is 12.9. The highest BCUT2D eigenvalue weighted by Crippen LogP contribution is 2.24. The Labute approximate surface area is 167 Å². The molecule has 2 aromatic carbocycles. The van der Waals surface area contributed by atoms with Gasteiger partial charge in [-0.25, -0.2) is 0 Å². The Morgan fingerprint density at radius 3 is 2.64 bits per heavy atom. The molecule has 1 N–H and O–H groups in total. The van der Waals surface area contributed by atoms with E-state index in [-0.39, 0.29) is 17.7 Å². The van der Waals surface area contributed by atoms with E-state index in [1.807, 2.05) is 30.3 Å². The lowest BCUT2D eigenvalue weighted by molar-refractivity contribution is -0.119. The predicted octanol–water partition coefficient (Wildman–Crippen LogP) is 4.70. The van der Waals surface area contributed by atoms with Crippen LogP contribution in [0.2, 0.25) is 5.02 Å². The molecule has 1 saturated heterocycles. The van der Waals surface area contributed by atoms with E-state index < -0.39 is 0 Å². The van der Waals surface area contributed by atoms with Gasteiger partial charge in [0.15, 0.2) is 0 Å². The molecular formula is C22H19ClN2O3. The van der Waals surface area contributed by atoms with Crippen LogP contribution >= 0.6 is 11.6 Å². The minimum absolute atomic E-state index is 0.0739. The van der Waals surface area contributed by atoms with Gasteiger partial charge in [0.05, 0.1) is 12.2 Å². The normalized spacial score (nSPS) is 16.2. The second-order valence-corrected chi connectivity index (χ2v) is 7.23. The minimum atomic E-state index is -0.229. The summed E-state index contributed by atoms with van der Waals surface area (Å²) in [6.45, 7) is 0.964. The molecule has 28 heavy (non-hydrogen) atoms. The van der Waals surface area contributed by atoms with Crippen molar-refractivity contribution in [1.82, 2.24) is 4.90 Å². The Hall–Kier alpha value is -3.05. The number of likely N-dealkylation sites (tertiary alicyclic amines) is 1. The van der Waals surface area contributed by atoms with Crippen LogP contribution in [0.4, 0.5) is 5.69 Å². The number of nitrogens with one attached hydrogen (secondary N) is 1. The van der Waals surface area contributed by atoms with Crippen LogP contribution in [0, 0.1) is 5.92 Å². The highest BCUT2D eigenvalue weighted by Gasteiger charge is 2.31. The molecule has 0 bridgehead atoms. The maximum Gasteiger partial charge on any atom is 0.253 e. The van der Waals surface area contributed by atoms with Crippen molar-refractivity contribution < 1.29 is 14.0 Å². The highest BCUT2D eigenvalue weighted by molar-refractivity contribution is 6.30. The second kappa shape index (κ2) is 7.90. The standard InChI is InChI=1S/C22H19ClN2O3/c23-18-6-8-19(9-7-18)24-21(26)17-10-11-25(14-17)22(27)16-4-1-3-15(13-16)20-5-2-12-28-20/h1-9,12-13,17H,10-11,14H2,(H,24,26). The number of carbonyl (C=O) groups is 2. The zero-order valence-corrected chi connectivity index (χ0v) is 15.9. The summed E-state index contributed by atoms with van der Waals surface area (Å²) in [6, 6.07) is 18.0. The van der Waals surface area contributed by atoms with E-state index in [1.165, 1.54) is 0 Å². The van der Waals surface area contributed by atoms with Gasteiger partial charge in [0.25, 0.3) is 5.91 Å². The van der Waals surface area contributed by atoms with Gasteiger partial charge in [-0.3, -0.25) is 9.59 Å². The Balaban J connectivity index is 1.41. The summed E-state index contributed by atoms with van der Waals surface area (Å²) in [6.07, 6.45) is 2.25. The molecule has 1 aliphatic rings. The average Bonchev–Trinajstić information content (AvgIpc) is 3.41. The fraction of sp³-hybridized carbons (Fsp3) is 0.182. The number of hydrogen-bond acceptors (Lipinski definition) is 3. The summed E-state index contributed by atoms with van der Waals surface area (Å²) in [5, 5.41) is 3.51. The largest absolute Gasteiger partial charge is 0.464 e. The first-order chi connectivity index (χ1) is 13.6. The molecule has 142 valence electrons. The number of benzene rings is 2. The van der Waals surface area contributed by atoms with E-state index in [0.717, 1.165) is 11.3 Å². The monoisotopic (exact) mass is 394 g/mol. The number of hydrogen-bond donors (Lipinski definition) is 1. The topological polar surface area (TPSA) is 62.6 Å². The number of amides is 2. The van der Waals surface area contributed by atoms with Gasteiger partial charge in [0, 0.05) is 34.9 Å². The van der Waals surface area contributed by atoms with Crippen LogP contribution < -0.4 is 5.32 Å². The number of rotatable bonds is 4. The van der Waals surface area contributed by atoms with E-state index in [2.05, 4.69) is 5.32 Å². The van der Waals surface area contributed by atoms with Crippen molar-refractivity contribution in [3.63, 3.8) is 0 Å². The first-order valence-electron chi connectivity index (χ1n) is 9.10. The smallest absolute Gasteiger partial charge is 0.253 e. The molecule has 2 heterocycles. The summed E-state index contributed by atoms with van der Waals surface area (Å²) in [7, 11) is 0. The van der Waals surface area contributed by atoms with Crippen molar-refractivity contribution in [3.8, 4) is 11.3 Å². The lowest BCUT2D eigenvalue weighted by Crippen LogP contribution is -2.31. The van der Waals surface area contributed by atoms with Gasteiger partial charge < -0.3 is 14.6 Å². The fourth-order valence-electron chi connectivity index (χ4n) is 3.37. The molecule has 1 atom stereocenters. The molecule has 1 fully saturated rings. The first-order valence-corrected chi connectivity index (χ1v) is 9.47. The number of nitrogens with zero attached hydrogens (tertiary/aromatic N) is 1. The number of anilines is 1. The third-order valence-corrected chi connectivity index (χ3v) is 5.13. The van der Waals surface area contributed by atoms with Crippen LogP contribution in [0.25, 0.3) is 11.3 Å². The molecule has 0 radical (unpaired) electrons. The predicted molar refractivity (Wildman–Crippen MR) is 108 cm³/mol. The molecule has 0 spiro atoms. The van der Waals surface area contributed by atoms with E-state index in [4.69, 9.17) is 16.0 Å². The molecule has 5 nitrogen and oxygen atoms in total. The van der Waals surface area contributed by atoms with Crippen molar-refractivity contribution >= 4 is 29.1 Å². The van der Waals surface area contributed by atoms with Crippen LogP contribution in [0.3, 0.4) is 0 Å². The van der Waals surface area contributed by atoms with Crippen molar-refractivity contribution in [1.29, 1.82) is 0 Å². The second-order valence-electron chi connectivity index (χ2n) is 6.79. The Morgan fingerprint density at radius 1 is 1.07 bits per heavy atom. The van der Waals surface area contributed by atoms with Gasteiger partial charge in [-0.05, 0) is 55.0 Å². The van der Waals surface area contributed by atoms with Gasteiger partial charge >= 0.3 is 0 Å². The third-order valence-electron chi connectivity index (χ3n) is 4.87. The van der Waals surface area contributed by atoms with Crippen molar-refractivity contribution in [3.05, 3.63) is 77.5 Å². The molecule has 3 aromatic rings. The Morgan fingerprint density at radius 2 is 1.89 bits per heavy atom. The zero-order valence-electron chi connectivity index (χ0n) is 15.1.